The summed E-state index contributed by atoms with van der Waals surface area (Å²) in [7, 11) is 0. The number of nitrogens with zero attached hydrogens (tertiary/aromatic N) is 3. The van der Waals surface area contributed by atoms with Crippen LogP contribution in [-0.2, 0) is 0 Å². The predicted molar refractivity (Wildman–Crippen MR) is 110 cm³/mol. The van der Waals surface area contributed by atoms with Gasteiger partial charge >= 0.3 is 0 Å². The molecule has 0 aromatic heterocycles. The molecule has 0 atom stereocenters. The van der Waals surface area contributed by atoms with Gasteiger partial charge in [0.2, 0.25) is 0 Å². The molecule has 0 spiro atoms. The van der Waals surface area contributed by atoms with Gasteiger partial charge < -0.3 is 10.2 Å². The molecule has 2 aromatic carbocycles. The minimum atomic E-state index is 0.174. The van der Waals surface area contributed by atoms with Crippen molar-refractivity contribution in [2.24, 2.45) is 4.99 Å². The van der Waals surface area contributed by atoms with Crippen molar-refractivity contribution in [3.63, 3.8) is 0 Å². The van der Waals surface area contributed by atoms with Crippen molar-refractivity contribution >= 4 is 28.7 Å². The summed E-state index contributed by atoms with van der Waals surface area (Å²) in [5, 5.41) is 3.45. The number of nitrogens with one attached hydrogen (secondary N) is 1. The van der Waals surface area contributed by atoms with Crippen molar-refractivity contribution < 1.29 is 4.79 Å². The van der Waals surface area contributed by atoms with Crippen LogP contribution in [0.4, 0.5) is 11.4 Å². The Kier molecular flexibility index (Phi) is 4.02. The van der Waals surface area contributed by atoms with E-state index in [4.69, 9.17) is 4.99 Å². The van der Waals surface area contributed by atoms with Crippen LogP contribution in [0.1, 0.15) is 22.3 Å². The Hall–Kier alpha value is -2.92. The predicted octanol–water partition coefficient (Wildman–Crippen LogP) is 3.26. The van der Waals surface area contributed by atoms with Crippen molar-refractivity contribution in [1.82, 2.24) is 4.90 Å². The van der Waals surface area contributed by atoms with Gasteiger partial charge in [0.25, 0.3) is 0 Å². The molecule has 5 heteroatoms. The fraction of sp³-hybridized carbons (Fsp3) is 0.273. The molecule has 1 fully saturated rings. The highest BCUT2D eigenvalue weighted by molar-refractivity contribution is 6.13. The summed E-state index contributed by atoms with van der Waals surface area (Å²) in [5.74, 6) is 1.14. The number of amidine groups is 1. The standard InChI is InChI=1S/C22H22N4O/c27-20-10-9-19-22-17(20)7-4-8-18(22)23-21(24-19)15-25-11-13-26(14-12-25)16-5-2-1-3-6-16/h1-9H,10-15H2,(H,23,24). The SMILES string of the molecule is O=C1CC=C2N=C(CN3CCN(c4ccccc4)CC3)Nc3cccc1c32. The van der Waals surface area contributed by atoms with Gasteiger partial charge in [0.1, 0.15) is 5.84 Å². The number of benzene rings is 2. The van der Waals surface area contributed by atoms with Crippen LogP contribution in [0.15, 0.2) is 59.6 Å². The van der Waals surface area contributed by atoms with Gasteiger partial charge in [0.05, 0.1) is 12.2 Å². The zero-order valence-corrected chi connectivity index (χ0v) is 15.2. The van der Waals surface area contributed by atoms with Gasteiger partial charge in [-0.3, -0.25) is 9.69 Å². The van der Waals surface area contributed by atoms with Crippen molar-refractivity contribution in [2.45, 2.75) is 6.42 Å². The maximum atomic E-state index is 12.1. The number of hydrogen-bond acceptors (Lipinski definition) is 5. The molecular formula is C22H22N4O. The van der Waals surface area contributed by atoms with E-state index in [1.165, 1.54) is 5.69 Å². The number of anilines is 2. The maximum absolute atomic E-state index is 12.1. The van der Waals surface area contributed by atoms with E-state index in [1.807, 2.05) is 24.3 Å². The molecule has 5 nitrogen and oxygen atoms in total. The third-order valence-electron chi connectivity index (χ3n) is 5.50. The van der Waals surface area contributed by atoms with Gasteiger partial charge in [-0.05, 0) is 18.2 Å². The molecule has 1 aliphatic carbocycles. The van der Waals surface area contributed by atoms with E-state index in [0.29, 0.717) is 6.42 Å². The van der Waals surface area contributed by atoms with E-state index in [1.54, 1.807) is 0 Å². The fourth-order valence-electron chi connectivity index (χ4n) is 4.09. The number of para-hydroxylation sites is 1. The van der Waals surface area contributed by atoms with Crippen molar-refractivity contribution in [3.05, 3.63) is 65.7 Å². The molecule has 0 saturated carbocycles. The van der Waals surface area contributed by atoms with Gasteiger partial charge in [-0.1, -0.05) is 36.4 Å². The number of ketones is 1. The lowest BCUT2D eigenvalue weighted by molar-refractivity contribution is 0.0994. The number of carbonyl (C=O) groups is 1. The van der Waals surface area contributed by atoms with E-state index in [9.17, 15) is 4.79 Å². The monoisotopic (exact) mass is 358 g/mol. The number of rotatable bonds is 3. The highest BCUT2D eigenvalue weighted by Crippen LogP contribution is 2.36. The zero-order valence-electron chi connectivity index (χ0n) is 15.2. The van der Waals surface area contributed by atoms with Gasteiger partial charge in [-0.15, -0.1) is 0 Å². The van der Waals surface area contributed by atoms with E-state index in [2.05, 4.69) is 45.4 Å². The first kappa shape index (κ1) is 16.3. The zero-order chi connectivity index (χ0) is 18.2. The van der Waals surface area contributed by atoms with Crippen molar-refractivity contribution in [1.29, 1.82) is 0 Å². The van der Waals surface area contributed by atoms with Crippen LogP contribution >= 0.6 is 0 Å². The molecule has 136 valence electrons. The quantitative estimate of drug-likeness (QED) is 0.915. The number of piperazine rings is 1. The van der Waals surface area contributed by atoms with Crippen molar-refractivity contribution in [3.8, 4) is 0 Å². The van der Waals surface area contributed by atoms with Crippen LogP contribution in [0.25, 0.3) is 5.70 Å². The molecule has 0 radical (unpaired) electrons. The molecule has 0 unspecified atom stereocenters. The van der Waals surface area contributed by atoms with Crippen LogP contribution in [0.5, 0.6) is 0 Å². The van der Waals surface area contributed by atoms with Gasteiger partial charge in [0, 0.05) is 55.1 Å². The van der Waals surface area contributed by atoms with E-state index >= 15 is 0 Å². The average Bonchev–Trinajstić information content (AvgIpc) is 2.72. The van der Waals surface area contributed by atoms with Crippen LogP contribution < -0.4 is 10.2 Å². The highest BCUT2D eigenvalue weighted by Gasteiger charge is 2.27. The lowest BCUT2D eigenvalue weighted by Crippen LogP contribution is -2.49. The van der Waals surface area contributed by atoms with E-state index in [-0.39, 0.29) is 5.78 Å². The molecule has 2 heterocycles. The molecule has 2 aliphatic heterocycles. The fourth-order valence-corrected chi connectivity index (χ4v) is 4.09. The first-order valence-electron chi connectivity index (χ1n) is 9.51. The van der Waals surface area contributed by atoms with Crippen LogP contribution in [0.2, 0.25) is 0 Å². The molecule has 0 amide bonds. The molecule has 1 N–H and O–H groups in total. The van der Waals surface area contributed by atoms with Gasteiger partial charge in [0.15, 0.2) is 5.78 Å². The molecule has 5 rings (SSSR count). The third-order valence-corrected chi connectivity index (χ3v) is 5.50. The largest absolute Gasteiger partial charge is 0.369 e. The molecule has 1 saturated heterocycles. The summed E-state index contributed by atoms with van der Waals surface area (Å²) in [5.41, 5.74) is 4.99. The average molecular weight is 358 g/mol. The second-order valence-electron chi connectivity index (χ2n) is 7.23. The number of allylic oxidation sites excluding steroid dienone is 1. The lowest BCUT2D eigenvalue weighted by Gasteiger charge is -2.36. The maximum Gasteiger partial charge on any atom is 0.167 e. The van der Waals surface area contributed by atoms with Crippen molar-refractivity contribution in [2.75, 3.05) is 42.9 Å². The summed E-state index contributed by atoms with van der Waals surface area (Å²) in [6, 6.07) is 16.5. The number of Topliss-reactive ketones (excluding diaryl/α,β-unsaturated/α-hetero) is 1. The molecule has 0 bridgehead atoms. The van der Waals surface area contributed by atoms with Crippen LogP contribution in [-0.4, -0.2) is 49.2 Å². The molecule has 3 aliphatic rings. The van der Waals surface area contributed by atoms with E-state index < -0.39 is 0 Å². The molecule has 27 heavy (non-hydrogen) atoms. The Morgan fingerprint density at radius 2 is 1.78 bits per heavy atom. The number of aliphatic imine (C=N–C) groups is 1. The number of carbonyl (C=O) groups excluding carboxylic acids is 1. The summed E-state index contributed by atoms with van der Waals surface area (Å²) < 4.78 is 0. The topological polar surface area (TPSA) is 47.9 Å². The minimum absolute atomic E-state index is 0.174. The normalized spacial score (nSPS) is 19.1. The Labute approximate surface area is 159 Å². The number of hydrogen-bond donors (Lipinski definition) is 1. The summed E-state index contributed by atoms with van der Waals surface area (Å²) in [4.78, 5) is 21.8. The van der Waals surface area contributed by atoms with Crippen LogP contribution in [0, 0.1) is 0 Å². The first-order valence-corrected chi connectivity index (χ1v) is 9.51. The Morgan fingerprint density at radius 3 is 2.59 bits per heavy atom. The minimum Gasteiger partial charge on any atom is -0.369 e. The van der Waals surface area contributed by atoms with Gasteiger partial charge in [-0.25, -0.2) is 4.99 Å². The van der Waals surface area contributed by atoms with E-state index in [0.717, 1.165) is 61.1 Å². The second kappa shape index (κ2) is 6.67. The summed E-state index contributed by atoms with van der Waals surface area (Å²) in [6.07, 6.45) is 2.40. The third kappa shape index (κ3) is 3.04. The molecule has 2 aromatic rings. The van der Waals surface area contributed by atoms with Gasteiger partial charge in [-0.2, -0.15) is 0 Å². The smallest absolute Gasteiger partial charge is 0.167 e. The first-order chi connectivity index (χ1) is 13.3. The Balaban J connectivity index is 1.28. The molecular weight excluding hydrogens is 336 g/mol. The summed E-state index contributed by atoms with van der Waals surface area (Å²) >= 11 is 0. The lowest BCUT2D eigenvalue weighted by atomic mass is 9.91. The Morgan fingerprint density at radius 1 is 0.963 bits per heavy atom. The second-order valence-corrected chi connectivity index (χ2v) is 7.23. The highest BCUT2D eigenvalue weighted by atomic mass is 16.1. The van der Waals surface area contributed by atoms with Crippen LogP contribution in [0.3, 0.4) is 0 Å². The Bertz CT molecular complexity index is 940. The summed E-state index contributed by atoms with van der Waals surface area (Å²) in [6.45, 7) is 4.88.